The van der Waals surface area contributed by atoms with Gasteiger partial charge in [0.25, 0.3) is 0 Å². The first-order valence-electron chi connectivity index (χ1n) is 7.06. The number of hydrogen-bond acceptors (Lipinski definition) is 3. The molecule has 0 unspecified atom stereocenters. The zero-order valence-corrected chi connectivity index (χ0v) is 12.9. The first-order chi connectivity index (χ1) is 10.1. The van der Waals surface area contributed by atoms with Crippen molar-refractivity contribution >= 4 is 29.1 Å². The normalized spacial score (nSPS) is 10.2. The number of ether oxygens (including phenoxy) is 1. The van der Waals surface area contributed by atoms with Crippen LogP contribution in [0.25, 0.3) is 0 Å². The van der Waals surface area contributed by atoms with Crippen molar-refractivity contribution in [2.75, 3.05) is 25.1 Å². The number of carbonyl (C=O) groups excluding carboxylic acids is 2. The van der Waals surface area contributed by atoms with Gasteiger partial charge in [0, 0.05) is 19.8 Å². The van der Waals surface area contributed by atoms with E-state index in [1.54, 1.807) is 24.3 Å². The van der Waals surface area contributed by atoms with Gasteiger partial charge in [-0.2, -0.15) is 0 Å². The minimum absolute atomic E-state index is 0.392. The molecule has 0 saturated heterocycles. The standard InChI is InChI=1S/C15H21ClN2O3/c1-2-3-10-21-11-6-9-17-14(19)15(20)18-13-8-5-4-7-12(13)16/h4-5,7-8H,2-3,6,9-11H2,1H3,(H,17,19)(H,18,20). The molecular weight excluding hydrogens is 292 g/mol. The maximum absolute atomic E-state index is 11.7. The van der Waals surface area contributed by atoms with E-state index in [9.17, 15) is 9.59 Å². The van der Waals surface area contributed by atoms with Crippen molar-refractivity contribution in [2.24, 2.45) is 0 Å². The summed E-state index contributed by atoms with van der Waals surface area (Å²) in [4.78, 5) is 23.2. The molecule has 1 rings (SSSR count). The van der Waals surface area contributed by atoms with Crippen molar-refractivity contribution in [3.05, 3.63) is 29.3 Å². The van der Waals surface area contributed by atoms with E-state index >= 15 is 0 Å². The third-order valence-corrected chi connectivity index (χ3v) is 3.05. The summed E-state index contributed by atoms with van der Waals surface area (Å²) in [6.45, 7) is 3.81. The second-order valence-electron chi connectivity index (χ2n) is 4.51. The molecule has 0 spiro atoms. The molecule has 0 bridgehead atoms. The summed E-state index contributed by atoms with van der Waals surface area (Å²) in [6, 6.07) is 6.75. The molecule has 1 aromatic rings. The maximum atomic E-state index is 11.7. The Morgan fingerprint density at radius 1 is 1.14 bits per heavy atom. The van der Waals surface area contributed by atoms with Crippen LogP contribution in [-0.4, -0.2) is 31.6 Å². The summed E-state index contributed by atoms with van der Waals surface area (Å²) in [5.74, 6) is -1.40. The molecule has 6 heteroatoms. The lowest BCUT2D eigenvalue weighted by atomic mass is 10.3. The van der Waals surface area contributed by atoms with Crippen LogP contribution in [0.4, 0.5) is 5.69 Å². The molecule has 2 N–H and O–H groups in total. The maximum Gasteiger partial charge on any atom is 0.313 e. The zero-order valence-electron chi connectivity index (χ0n) is 12.2. The highest BCUT2D eigenvalue weighted by atomic mass is 35.5. The van der Waals surface area contributed by atoms with Gasteiger partial charge in [-0.05, 0) is 25.0 Å². The Morgan fingerprint density at radius 3 is 2.57 bits per heavy atom. The van der Waals surface area contributed by atoms with E-state index in [1.807, 2.05) is 0 Å². The number of hydrogen-bond donors (Lipinski definition) is 2. The number of halogens is 1. The molecule has 0 atom stereocenters. The van der Waals surface area contributed by atoms with Gasteiger partial charge < -0.3 is 15.4 Å². The Hall–Kier alpha value is -1.59. The molecule has 5 nitrogen and oxygen atoms in total. The lowest BCUT2D eigenvalue weighted by Gasteiger charge is -2.08. The molecule has 0 heterocycles. The number of rotatable bonds is 8. The number of benzene rings is 1. The molecule has 0 saturated carbocycles. The predicted molar refractivity (Wildman–Crippen MR) is 83.4 cm³/mol. The molecule has 1 aromatic carbocycles. The first kappa shape index (κ1) is 17.5. The van der Waals surface area contributed by atoms with Crippen molar-refractivity contribution in [2.45, 2.75) is 26.2 Å². The Balaban J connectivity index is 2.20. The van der Waals surface area contributed by atoms with Gasteiger partial charge in [-0.15, -0.1) is 0 Å². The van der Waals surface area contributed by atoms with Crippen LogP contribution in [0.3, 0.4) is 0 Å². The Kier molecular flexibility index (Phi) is 8.47. The smallest absolute Gasteiger partial charge is 0.313 e. The zero-order chi connectivity index (χ0) is 15.5. The van der Waals surface area contributed by atoms with Crippen LogP contribution in [-0.2, 0) is 14.3 Å². The summed E-state index contributed by atoms with van der Waals surface area (Å²) in [5.41, 5.74) is 0.419. The minimum atomic E-state index is -0.727. The van der Waals surface area contributed by atoms with Gasteiger partial charge in [0.15, 0.2) is 0 Å². The fourth-order valence-electron chi connectivity index (χ4n) is 1.55. The molecule has 0 aliphatic rings. The number of anilines is 1. The van der Waals surface area contributed by atoms with Gasteiger partial charge in [-0.3, -0.25) is 9.59 Å². The Labute approximate surface area is 130 Å². The number of unbranched alkanes of at least 4 members (excludes halogenated alkanes) is 1. The van der Waals surface area contributed by atoms with Crippen molar-refractivity contribution in [3.63, 3.8) is 0 Å². The fourth-order valence-corrected chi connectivity index (χ4v) is 1.73. The third kappa shape index (κ3) is 7.11. The van der Waals surface area contributed by atoms with Crippen LogP contribution < -0.4 is 10.6 Å². The molecule has 0 radical (unpaired) electrons. The van der Waals surface area contributed by atoms with Crippen molar-refractivity contribution in [1.82, 2.24) is 5.32 Å². The van der Waals surface area contributed by atoms with E-state index in [-0.39, 0.29) is 0 Å². The molecule has 0 aromatic heterocycles. The highest BCUT2D eigenvalue weighted by Crippen LogP contribution is 2.19. The van der Waals surface area contributed by atoms with E-state index in [0.717, 1.165) is 19.4 Å². The number of carbonyl (C=O) groups is 2. The van der Waals surface area contributed by atoms with Crippen molar-refractivity contribution in [1.29, 1.82) is 0 Å². The minimum Gasteiger partial charge on any atom is -0.381 e. The summed E-state index contributed by atoms with van der Waals surface area (Å²) >= 11 is 5.90. The summed E-state index contributed by atoms with van der Waals surface area (Å²) in [7, 11) is 0. The Morgan fingerprint density at radius 2 is 1.86 bits per heavy atom. The average Bonchev–Trinajstić information content (AvgIpc) is 2.48. The molecule has 116 valence electrons. The summed E-state index contributed by atoms with van der Waals surface area (Å²) in [5, 5.41) is 5.40. The Bertz CT molecular complexity index is 466. The molecule has 0 fully saturated rings. The lowest BCUT2D eigenvalue weighted by molar-refractivity contribution is -0.136. The highest BCUT2D eigenvalue weighted by Gasteiger charge is 2.13. The summed E-state index contributed by atoms with van der Waals surface area (Å²) < 4.78 is 5.36. The van der Waals surface area contributed by atoms with Gasteiger partial charge in [-0.1, -0.05) is 37.1 Å². The van der Waals surface area contributed by atoms with Crippen LogP contribution >= 0.6 is 11.6 Å². The van der Waals surface area contributed by atoms with Crippen LogP contribution in [0.15, 0.2) is 24.3 Å². The summed E-state index contributed by atoms with van der Waals surface area (Å²) in [6.07, 6.45) is 2.81. The van der Waals surface area contributed by atoms with Gasteiger partial charge in [0.05, 0.1) is 10.7 Å². The van der Waals surface area contributed by atoms with Gasteiger partial charge in [0.2, 0.25) is 0 Å². The van der Waals surface area contributed by atoms with E-state index in [1.165, 1.54) is 0 Å². The first-order valence-corrected chi connectivity index (χ1v) is 7.44. The monoisotopic (exact) mass is 312 g/mol. The van der Waals surface area contributed by atoms with E-state index < -0.39 is 11.8 Å². The average molecular weight is 313 g/mol. The topological polar surface area (TPSA) is 67.4 Å². The van der Waals surface area contributed by atoms with E-state index in [4.69, 9.17) is 16.3 Å². The second kappa shape index (κ2) is 10.2. The van der Waals surface area contributed by atoms with Crippen LogP contribution in [0.5, 0.6) is 0 Å². The molecule has 0 aliphatic carbocycles. The largest absolute Gasteiger partial charge is 0.381 e. The van der Waals surface area contributed by atoms with Crippen LogP contribution in [0.1, 0.15) is 26.2 Å². The van der Waals surface area contributed by atoms with E-state index in [0.29, 0.717) is 30.3 Å². The number of amides is 2. The van der Waals surface area contributed by atoms with Crippen molar-refractivity contribution in [3.8, 4) is 0 Å². The predicted octanol–water partition coefficient (Wildman–Crippen LogP) is 2.60. The number of nitrogens with one attached hydrogen (secondary N) is 2. The fraction of sp³-hybridized carbons (Fsp3) is 0.467. The van der Waals surface area contributed by atoms with Gasteiger partial charge >= 0.3 is 11.8 Å². The van der Waals surface area contributed by atoms with Gasteiger partial charge in [0.1, 0.15) is 0 Å². The van der Waals surface area contributed by atoms with Crippen molar-refractivity contribution < 1.29 is 14.3 Å². The molecule has 2 amide bonds. The number of para-hydroxylation sites is 1. The van der Waals surface area contributed by atoms with Gasteiger partial charge in [-0.25, -0.2) is 0 Å². The van der Waals surface area contributed by atoms with Crippen LogP contribution in [0, 0.1) is 0 Å². The molecule has 0 aliphatic heterocycles. The molecular formula is C15H21ClN2O3. The second-order valence-corrected chi connectivity index (χ2v) is 4.92. The quantitative estimate of drug-likeness (QED) is 0.573. The third-order valence-electron chi connectivity index (χ3n) is 2.72. The van der Waals surface area contributed by atoms with Crippen LogP contribution in [0.2, 0.25) is 5.02 Å². The lowest BCUT2D eigenvalue weighted by Crippen LogP contribution is -2.36. The highest BCUT2D eigenvalue weighted by molar-refractivity contribution is 6.41. The molecule has 21 heavy (non-hydrogen) atoms. The van der Waals surface area contributed by atoms with E-state index in [2.05, 4.69) is 17.6 Å². The SMILES string of the molecule is CCCCOCCCNC(=O)C(=O)Nc1ccccc1Cl.